The maximum atomic E-state index is 4.60. The Morgan fingerprint density at radius 2 is 2.05 bits per heavy atom. The zero-order valence-electron chi connectivity index (χ0n) is 12.0. The van der Waals surface area contributed by atoms with Crippen LogP contribution >= 0.6 is 22.7 Å². The quantitative estimate of drug-likeness (QED) is 0.724. The summed E-state index contributed by atoms with van der Waals surface area (Å²) in [7, 11) is 0. The molecule has 21 heavy (non-hydrogen) atoms. The molecule has 0 aliphatic rings. The van der Waals surface area contributed by atoms with Crippen LogP contribution in [0.25, 0.3) is 10.2 Å². The first-order valence-corrected chi connectivity index (χ1v) is 8.65. The number of nitrogens with one attached hydrogen (secondary N) is 2. The van der Waals surface area contributed by atoms with Gasteiger partial charge in [-0.2, -0.15) is 4.98 Å². The van der Waals surface area contributed by atoms with Gasteiger partial charge in [0.25, 0.3) is 0 Å². The van der Waals surface area contributed by atoms with Crippen LogP contribution in [0.1, 0.15) is 23.6 Å². The largest absolute Gasteiger partial charge is 0.364 e. The molecule has 110 valence electrons. The lowest BCUT2D eigenvalue weighted by molar-refractivity contribution is 1.08. The van der Waals surface area contributed by atoms with Gasteiger partial charge in [-0.05, 0) is 19.4 Å². The van der Waals surface area contributed by atoms with Gasteiger partial charge in [0.1, 0.15) is 10.6 Å². The fraction of sp³-hybridized carbons (Fsp3) is 0.357. The van der Waals surface area contributed by atoms with Gasteiger partial charge in [-0.1, -0.05) is 6.92 Å². The Balaban J connectivity index is 1.94. The van der Waals surface area contributed by atoms with Gasteiger partial charge in [0, 0.05) is 22.5 Å². The summed E-state index contributed by atoms with van der Waals surface area (Å²) in [6, 6.07) is 2.19. The molecule has 3 aromatic rings. The Hall–Kier alpha value is -1.73. The third-order valence-corrected chi connectivity index (χ3v) is 4.99. The number of hydrogen-bond acceptors (Lipinski definition) is 7. The highest BCUT2D eigenvalue weighted by atomic mass is 32.1. The lowest BCUT2D eigenvalue weighted by Gasteiger charge is -2.08. The fourth-order valence-corrected chi connectivity index (χ4v) is 3.52. The molecule has 0 radical (unpaired) electrons. The van der Waals surface area contributed by atoms with Gasteiger partial charge in [0.15, 0.2) is 0 Å². The Labute approximate surface area is 131 Å². The molecule has 0 saturated carbocycles. The molecule has 0 fully saturated rings. The van der Waals surface area contributed by atoms with Gasteiger partial charge < -0.3 is 10.6 Å². The highest BCUT2D eigenvalue weighted by Gasteiger charge is 2.11. The van der Waals surface area contributed by atoms with Crippen molar-refractivity contribution in [2.45, 2.75) is 26.8 Å². The van der Waals surface area contributed by atoms with E-state index in [1.807, 2.05) is 18.6 Å². The normalized spacial score (nSPS) is 11.0. The molecule has 3 aromatic heterocycles. The van der Waals surface area contributed by atoms with E-state index in [1.165, 1.54) is 9.75 Å². The lowest BCUT2D eigenvalue weighted by Crippen LogP contribution is -2.06. The number of rotatable bonds is 6. The van der Waals surface area contributed by atoms with Crippen molar-refractivity contribution in [3.8, 4) is 0 Å². The van der Waals surface area contributed by atoms with Gasteiger partial charge in [0.2, 0.25) is 5.95 Å². The molecule has 0 aliphatic heterocycles. The minimum atomic E-state index is 0.682. The first kappa shape index (κ1) is 14.2. The van der Waals surface area contributed by atoms with E-state index >= 15 is 0 Å². The first-order valence-electron chi connectivity index (χ1n) is 6.95. The van der Waals surface area contributed by atoms with Crippen molar-refractivity contribution in [3.05, 3.63) is 27.5 Å². The number of thiophene rings is 1. The topological polar surface area (TPSA) is 62.7 Å². The maximum absolute atomic E-state index is 4.60. The molecule has 0 saturated heterocycles. The highest BCUT2D eigenvalue weighted by molar-refractivity contribution is 7.18. The van der Waals surface area contributed by atoms with Crippen molar-refractivity contribution >= 4 is 44.7 Å². The van der Waals surface area contributed by atoms with Crippen molar-refractivity contribution < 1.29 is 0 Å². The van der Waals surface area contributed by atoms with Gasteiger partial charge in [-0.25, -0.2) is 4.98 Å². The summed E-state index contributed by atoms with van der Waals surface area (Å²) in [6.07, 6.45) is 2.90. The summed E-state index contributed by atoms with van der Waals surface area (Å²) in [4.78, 5) is 16.8. The van der Waals surface area contributed by atoms with Crippen LogP contribution < -0.4 is 10.6 Å². The van der Waals surface area contributed by atoms with Crippen LogP contribution in [0.4, 0.5) is 11.8 Å². The molecule has 0 spiro atoms. The van der Waals surface area contributed by atoms with Crippen molar-refractivity contribution in [2.75, 3.05) is 17.2 Å². The highest BCUT2D eigenvalue weighted by Crippen LogP contribution is 2.30. The lowest BCUT2D eigenvalue weighted by atomic mass is 10.3. The third-order valence-electron chi connectivity index (χ3n) is 3.04. The van der Waals surface area contributed by atoms with Crippen LogP contribution in [0.2, 0.25) is 0 Å². The van der Waals surface area contributed by atoms with Crippen molar-refractivity contribution in [1.82, 2.24) is 15.0 Å². The van der Waals surface area contributed by atoms with Crippen LogP contribution in [-0.2, 0) is 13.0 Å². The van der Waals surface area contributed by atoms with E-state index in [1.54, 1.807) is 22.7 Å². The van der Waals surface area contributed by atoms with Crippen molar-refractivity contribution in [1.29, 1.82) is 0 Å². The average Bonchev–Trinajstić information content (AvgIpc) is 3.14. The summed E-state index contributed by atoms with van der Waals surface area (Å²) >= 11 is 3.38. The number of aryl methyl sites for hydroxylation is 1. The Morgan fingerprint density at radius 1 is 1.14 bits per heavy atom. The van der Waals surface area contributed by atoms with E-state index in [2.05, 4.69) is 38.6 Å². The Morgan fingerprint density at radius 3 is 2.76 bits per heavy atom. The maximum Gasteiger partial charge on any atom is 0.226 e. The molecular weight excluding hydrogens is 302 g/mol. The second-order valence-electron chi connectivity index (χ2n) is 4.53. The predicted octanol–water partition coefficient (Wildman–Crippen LogP) is 3.75. The van der Waals surface area contributed by atoms with E-state index in [4.69, 9.17) is 0 Å². The average molecular weight is 319 g/mol. The third kappa shape index (κ3) is 3.14. The van der Waals surface area contributed by atoms with E-state index in [0.29, 0.717) is 5.95 Å². The summed E-state index contributed by atoms with van der Waals surface area (Å²) in [5, 5.41) is 7.71. The Bertz CT molecular complexity index is 720. The van der Waals surface area contributed by atoms with Gasteiger partial charge in [-0.3, -0.25) is 4.98 Å². The first-order chi connectivity index (χ1) is 10.3. The molecule has 3 rings (SSSR count). The number of anilines is 2. The summed E-state index contributed by atoms with van der Waals surface area (Å²) in [5.74, 6) is 1.57. The Kier molecular flexibility index (Phi) is 4.31. The standard InChI is InChI=1S/C14H17N5S2/c1-3-9-5-11-12(17-7-10-6-15-8-20-10)18-14(16-4-2)19-13(11)21-9/h5-6,8H,3-4,7H2,1-2H3,(H2,16,17,18,19). The molecule has 0 bridgehead atoms. The van der Waals surface area contributed by atoms with Gasteiger partial charge >= 0.3 is 0 Å². The number of fused-ring (bicyclic) bond motifs is 1. The second kappa shape index (κ2) is 6.36. The summed E-state index contributed by atoms with van der Waals surface area (Å²) in [5.41, 5.74) is 1.84. The minimum Gasteiger partial charge on any atom is -0.364 e. The second-order valence-corrected chi connectivity index (χ2v) is 6.62. The number of thiazole rings is 1. The fourth-order valence-electron chi connectivity index (χ4n) is 2.02. The molecule has 0 atom stereocenters. The molecule has 0 amide bonds. The molecule has 5 nitrogen and oxygen atoms in total. The van der Waals surface area contributed by atoms with Crippen LogP contribution in [0.15, 0.2) is 17.8 Å². The summed E-state index contributed by atoms with van der Waals surface area (Å²) < 4.78 is 0. The van der Waals surface area contributed by atoms with E-state index < -0.39 is 0 Å². The number of aromatic nitrogens is 3. The van der Waals surface area contributed by atoms with Crippen LogP contribution in [-0.4, -0.2) is 21.5 Å². The SMILES string of the molecule is CCNc1nc(NCc2cncs2)c2cc(CC)sc2n1. The van der Waals surface area contributed by atoms with E-state index in [9.17, 15) is 0 Å². The van der Waals surface area contributed by atoms with E-state index in [0.717, 1.165) is 35.5 Å². The van der Waals surface area contributed by atoms with Crippen LogP contribution in [0.3, 0.4) is 0 Å². The van der Waals surface area contributed by atoms with Gasteiger partial charge in [-0.15, -0.1) is 22.7 Å². The van der Waals surface area contributed by atoms with Crippen LogP contribution in [0, 0.1) is 0 Å². The summed E-state index contributed by atoms with van der Waals surface area (Å²) in [6.45, 7) is 5.75. The van der Waals surface area contributed by atoms with Crippen molar-refractivity contribution in [2.24, 2.45) is 0 Å². The van der Waals surface area contributed by atoms with E-state index in [-0.39, 0.29) is 0 Å². The molecule has 0 unspecified atom stereocenters. The number of nitrogens with zero attached hydrogens (tertiary/aromatic N) is 3. The van der Waals surface area contributed by atoms with Crippen LogP contribution in [0.5, 0.6) is 0 Å². The predicted molar refractivity (Wildman–Crippen MR) is 90.4 cm³/mol. The van der Waals surface area contributed by atoms with Crippen molar-refractivity contribution in [3.63, 3.8) is 0 Å². The molecule has 3 heterocycles. The smallest absolute Gasteiger partial charge is 0.226 e. The molecule has 2 N–H and O–H groups in total. The monoisotopic (exact) mass is 319 g/mol. The molecule has 7 heteroatoms. The molecule has 0 aliphatic carbocycles. The molecular formula is C14H17N5S2. The zero-order chi connectivity index (χ0) is 14.7. The number of hydrogen-bond donors (Lipinski definition) is 2. The van der Waals surface area contributed by atoms with Gasteiger partial charge in [0.05, 0.1) is 17.4 Å². The zero-order valence-corrected chi connectivity index (χ0v) is 13.6. The minimum absolute atomic E-state index is 0.682. The molecule has 0 aromatic carbocycles.